The number of imidazole rings is 1. The number of carbonyl (C=O) groups is 1. The Kier molecular flexibility index (Phi) is 7.66. The number of benzene rings is 2. The summed E-state index contributed by atoms with van der Waals surface area (Å²) < 4.78 is 8.14. The molecule has 10 heteroatoms. The normalized spacial score (nSPS) is 15.2. The van der Waals surface area contributed by atoms with E-state index in [4.69, 9.17) is 22.1 Å². The van der Waals surface area contributed by atoms with Gasteiger partial charge in [-0.15, -0.1) is 11.3 Å². The van der Waals surface area contributed by atoms with Crippen molar-refractivity contribution in [2.24, 2.45) is 5.73 Å². The van der Waals surface area contributed by atoms with E-state index in [2.05, 4.69) is 45.4 Å². The van der Waals surface area contributed by atoms with Gasteiger partial charge in [-0.05, 0) is 81.4 Å². The van der Waals surface area contributed by atoms with Crippen LogP contribution in [0.1, 0.15) is 41.1 Å². The number of anilines is 1. The Bertz CT molecular complexity index is 1710. The second-order valence-corrected chi connectivity index (χ2v) is 11.8. The molecule has 0 radical (unpaired) electrons. The Morgan fingerprint density at radius 2 is 1.88 bits per heavy atom. The molecule has 1 atom stereocenters. The van der Waals surface area contributed by atoms with Gasteiger partial charge in [0, 0.05) is 28.9 Å². The first-order chi connectivity index (χ1) is 19.9. The zero-order valence-electron chi connectivity index (χ0n) is 22.9. The largest absolute Gasteiger partial charge is 0.484 e. The van der Waals surface area contributed by atoms with Crippen molar-refractivity contribution < 1.29 is 9.53 Å². The number of piperidine rings is 1. The van der Waals surface area contributed by atoms with Crippen LogP contribution in [0.5, 0.6) is 5.75 Å². The Morgan fingerprint density at radius 3 is 2.66 bits per heavy atom. The molecule has 210 valence electrons. The maximum atomic E-state index is 12.3. The van der Waals surface area contributed by atoms with E-state index in [-0.39, 0.29) is 6.10 Å². The molecule has 1 saturated heterocycles. The zero-order valence-corrected chi connectivity index (χ0v) is 24.5. The van der Waals surface area contributed by atoms with Crippen LogP contribution in [0.4, 0.5) is 5.82 Å². The molecule has 1 aliphatic heterocycles. The van der Waals surface area contributed by atoms with E-state index in [1.807, 2.05) is 60.2 Å². The van der Waals surface area contributed by atoms with Gasteiger partial charge in [-0.2, -0.15) is 0 Å². The lowest BCUT2D eigenvalue weighted by Crippen LogP contribution is -2.36. The molecule has 6 rings (SSSR count). The van der Waals surface area contributed by atoms with Gasteiger partial charge < -0.3 is 20.7 Å². The van der Waals surface area contributed by atoms with E-state index in [0.29, 0.717) is 21.7 Å². The molecule has 8 nitrogen and oxygen atoms in total. The first kappa shape index (κ1) is 27.3. The maximum absolute atomic E-state index is 12.3. The maximum Gasteiger partial charge on any atom is 0.262 e. The molecule has 1 fully saturated rings. The van der Waals surface area contributed by atoms with Crippen molar-refractivity contribution in [2.45, 2.75) is 31.9 Å². The minimum Gasteiger partial charge on any atom is -0.484 e. The van der Waals surface area contributed by atoms with Crippen LogP contribution in [-0.2, 0) is 0 Å². The van der Waals surface area contributed by atoms with Gasteiger partial charge in [0.2, 0.25) is 0 Å². The lowest BCUT2D eigenvalue weighted by molar-refractivity contribution is 0.0998. The van der Waals surface area contributed by atoms with Gasteiger partial charge in [-0.25, -0.2) is 9.97 Å². The molecular weight excluding hydrogens is 556 g/mol. The fourth-order valence-corrected chi connectivity index (χ4v) is 6.43. The summed E-state index contributed by atoms with van der Waals surface area (Å²) in [6.07, 6.45) is 5.45. The molecule has 0 spiro atoms. The average molecular weight is 587 g/mol. The summed E-state index contributed by atoms with van der Waals surface area (Å²) in [5, 5.41) is 4.99. The third kappa shape index (κ3) is 5.79. The standard InChI is InChI=1S/C31H31ClN6O2S/c1-19(23-5-3-4-6-24(23)32)40-27-17-29(41-30(27)31(33)39)38-18-35-25-15-20(7-8-26(25)38)21-9-12-34-28(16-21)36-22-10-13-37(2)14-11-22/h3-9,12,15-19,22H,10-11,13-14H2,1-2H3,(H2,33,39)(H,34,36)/t19-/m1/s1. The summed E-state index contributed by atoms with van der Waals surface area (Å²) in [6, 6.07) is 20.1. The van der Waals surface area contributed by atoms with Crippen molar-refractivity contribution >= 4 is 45.7 Å². The second-order valence-electron chi connectivity index (χ2n) is 10.4. The van der Waals surface area contributed by atoms with E-state index in [0.717, 1.165) is 64.5 Å². The number of hydrogen-bond donors (Lipinski definition) is 2. The molecule has 0 unspecified atom stereocenters. The van der Waals surface area contributed by atoms with Gasteiger partial charge in [0.15, 0.2) is 0 Å². The quantitative estimate of drug-likeness (QED) is 0.214. The number of ether oxygens (including phenoxy) is 1. The first-order valence-electron chi connectivity index (χ1n) is 13.6. The predicted molar refractivity (Wildman–Crippen MR) is 165 cm³/mol. The number of hydrogen-bond acceptors (Lipinski definition) is 7. The molecule has 5 aromatic rings. The second kappa shape index (κ2) is 11.5. The van der Waals surface area contributed by atoms with Crippen LogP contribution in [0.3, 0.4) is 0 Å². The molecule has 4 heterocycles. The van der Waals surface area contributed by atoms with Gasteiger partial charge in [0.25, 0.3) is 5.91 Å². The van der Waals surface area contributed by atoms with Crippen LogP contribution in [0.15, 0.2) is 73.2 Å². The summed E-state index contributed by atoms with van der Waals surface area (Å²) >= 11 is 7.64. The number of primary amides is 1. The highest BCUT2D eigenvalue weighted by molar-refractivity contribution is 7.16. The highest BCUT2D eigenvalue weighted by atomic mass is 35.5. The average Bonchev–Trinajstić information content (AvgIpc) is 3.58. The molecule has 41 heavy (non-hydrogen) atoms. The molecule has 1 amide bonds. The number of nitrogens with zero attached hydrogens (tertiary/aromatic N) is 4. The topological polar surface area (TPSA) is 98.3 Å². The Morgan fingerprint density at radius 1 is 1.10 bits per heavy atom. The third-order valence-electron chi connectivity index (χ3n) is 7.50. The number of aromatic nitrogens is 3. The van der Waals surface area contributed by atoms with Crippen molar-refractivity contribution in [1.82, 2.24) is 19.4 Å². The minimum absolute atomic E-state index is 0.346. The monoisotopic (exact) mass is 586 g/mol. The van der Waals surface area contributed by atoms with Crippen LogP contribution < -0.4 is 15.8 Å². The van der Waals surface area contributed by atoms with Crippen molar-refractivity contribution in [3.8, 4) is 21.9 Å². The SMILES string of the molecule is C[C@@H](Oc1cc(-n2cnc3cc(-c4ccnc(NC5CCN(C)CC5)c4)ccc32)sc1C(N)=O)c1ccccc1Cl. The van der Waals surface area contributed by atoms with Crippen LogP contribution >= 0.6 is 22.9 Å². The smallest absolute Gasteiger partial charge is 0.262 e. The van der Waals surface area contributed by atoms with Crippen molar-refractivity contribution in [2.75, 3.05) is 25.5 Å². The summed E-state index contributed by atoms with van der Waals surface area (Å²) in [5.41, 5.74) is 10.4. The fraction of sp³-hybridized carbons (Fsp3) is 0.258. The number of nitrogens with one attached hydrogen (secondary N) is 1. The molecule has 3 aromatic heterocycles. The van der Waals surface area contributed by atoms with E-state index < -0.39 is 5.91 Å². The van der Waals surface area contributed by atoms with E-state index in [1.165, 1.54) is 11.3 Å². The first-order valence-corrected chi connectivity index (χ1v) is 14.8. The van der Waals surface area contributed by atoms with Gasteiger partial charge in [-0.3, -0.25) is 9.36 Å². The number of likely N-dealkylation sites (tertiary alicyclic amines) is 1. The lowest BCUT2D eigenvalue weighted by atomic mass is 10.0. The number of fused-ring (bicyclic) bond motifs is 1. The van der Waals surface area contributed by atoms with Gasteiger partial charge in [0.05, 0.1) is 11.0 Å². The number of carbonyl (C=O) groups excluding carboxylic acids is 1. The fourth-order valence-electron chi connectivity index (χ4n) is 5.22. The molecule has 1 aliphatic rings. The van der Waals surface area contributed by atoms with E-state index in [9.17, 15) is 4.79 Å². The number of nitrogens with two attached hydrogens (primary N) is 1. The molecule has 2 aromatic carbocycles. The van der Waals surface area contributed by atoms with Crippen LogP contribution in [0.25, 0.3) is 27.2 Å². The summed E-state index contributed by atoms with van der Waals surface area (Å²) in [7, 11) is 2.16. The highest BCUT2D eigenvalue weighted by Crippen LogP contribution is 2.37. The molecule has 0 aliphatic carbocycles. The summed E-state index contributed by atoms with van der Waals surface area (Å²) in [4.78, 5) is 24.2. The molecule has 0 saturated carbocycles. The Hall–Kier alpha value is -3.92. The van der Waals surface area contributed by atoms with Gasteiger partial charge in [-0.1, -0.05) is 35.9 Å². The van der Waals surface area contributed by atoms with Gasteiger partial charge >= 0.3 is 0 Å². The van der Waals surface area contributed by atoms with Crippen molar-refractivity contribution in [3.63, 3.8) is 0 Å². The van der Waals surface area contributed by atoms with Crippen LogP contribution in [0, 0.1) is 0 Å². The summed E-state index contributed by atoms with van der Waals surface area (Å²) in [5.74, 6) is 0.764. The zero-order chi connectivity index (χ0) is 28.5. The van der Waals surface area contributed by atoms with E-state index >= 15 is 0 Å². The third-order valence-corrected chi connectivity index (χ3v) is 8.98. The van der Waals surface area contributed by atoms with E-state index in [1.54, 1.807) is 6.33 Å². The number of rotatable bonds is 8. The van der Waals surface area contributed by atoms with Crippen LogP contribution in [0.2, 0.25) is 5.02 Å². The molecule has 3 N–H and O–H groups in total. The van der Waals surface area contributed by atoms with Crippen molar-refractivity contribution in [1.29, 1.82) is 0 Å². The predicted octanol–water partition coefficient (Wildman–Crippen LogP) is 6.55. The number of thiophene rings is 1. The number of amides is 1. The van der Waals surface area contributed by atoms with Crippen LogP contribution in [-0.4, -0.2) is 51.5 Å². The van der Waals surface area contributed by atoms with Crippen molar-refractivity contribution in [3.05, 3.63) is 88.7 Å². The number of halogens is 1. The molecular formula is C31H31ClN6O2S. The van der Waals surface area contributed by atoms with Gasteiger partial charge in [0.1, 0.15) is 33.9 Å². The molecule has 0 bridgehead atoms. The highest BCUT2D eigenvalue weighted by Gasteiger charge is 2.21. The minimum atomic E-state index is -0.545. The number of pyridine rings is 1. The Labute approximate surface area is 247 Å². The summed E-state index contributed by atoms with van der Waals surface area (Å²) in [6.45, 7) is 4.08. The lowest BCUT2D eigenvalue weighted by Gasteiger charge is -2.29. The Balaban J connectivity index is 1.25.